The third-order valence-electron chi connectivity index (χ3n) is 3.32. The first kappa shape index (κ1) is 12.8. The summed E-state index contributed by atoms with van der Waals surface area (Å²) in [6, 6.07) is 4.38. The molecule has 0 aromatic heterocycles. The second-order valence-corrected chi connectivity index (χ2v) is 4.35. The number of benzene rings is 1. The van der Waals surface area contributed by atoms with Gasteiger partial charge in [0.2, 0.25) is 0 Å². The van der Waals surface area contributed by atoms with Crippen LogP contribution in [0.3, 0.4) is 0 Å². The largest absolute Gasteiger partial charge is 0.496 e. The van der Waals surface area contributed by atoms with Crippen molar-refractivity contribution >= 4 is 5.91 Å². The number of likely N-dealkylation sites (tertiary alicyclic amines) is 1. The molecule has 1 aliphatic rings. The predicted octanol–water partition coefficient (Wildman–Crippen LogP) is 1.40. The number of nitrogens with two attached hydrogens (primary N) is 1. The quantitative estimate of drug-likeness (QED) is 0.884. The maximum atomic E-state index is 13.8. The van der Waals surface area contributed by atoms with E-state index >= 15 is 0 Å². The molecule has 1 atom stereocenters. The molecule has 98 valence electrons. The van der Waals surface area contributed by atoms with E-state index in [1.807, 2.05) is 0 Å². The summed E-state index contributed by atoms with van der Waals surface area (Å²) in [7, 11) is 1.43. The van der Waals surface area contributed by atoms with Crippen LogP contribution >= 0.6 is 0 Å². The molecule has 2 N–H and O–H groups in total. The first-order valence-corrected chi connectivity index (χ1v) is 6.02. The van der Waals surface area contributed by atoms with E-state index in [1.165, 1.54) is 19.2 Å². The van der Waals surface area contributed by atoms with Gasteiger partial charge in [-0.05, 0) is 25.0 Å². The summed E-state index contributed by atoms with van der Waals surface area (Å²) in [6.45, 7) is 1.03. The Labute approximate surface area is 106 Å². The summed E-state index contributed by atoms with van der Waals surface area (Å²) in [5.74, 6) is -0.623. The molecule has 0 aliphatic carbocycles. The lowest BCUT2D eigenvalue weighted by atomic mass is 10.1. The van der Waals surface area contributed by atoms with Crippen LogP contribution in [0.4, 0.5) is 4.39 Å². The van der Waals surface area contributed by atoms with Gasteiger partial charge in [-0.3, -0.25) is 4.79 Å². The van der Waals surface area contributed by atoms with Crippen molar-refractivity contribution in [3.63, 3.8) is 0 Å². The molecule has 18 heavy (non-hydrogen) atoms. The second kappa shape index (κ2) is 5.35. The van der Waals surface area contributed by atoms with Crippen molar-refractivity contribution < 1.29 is 13.9 Å². The fourth-order valence-corrected chi connectivity index (χ4v) is 2.37. The summed E-state index contributed by atoms with van der Waals surface area (Å²) in [4.78, 5) is 14.0. The number of methoxy groups -OCH3 is 1. The van der Waals surface area contributed by atoms with Crippen LogP contribution < -0.4 is 10.5 Å². The number of hydrogen-bond acceptors (Lipinski definition) is 3. The molecule has 0 spiro atoms. The number of carbonyl (C=O) groups excluding carboxylic acids is 1. The fourth-order valence-electron chi connectivity index (χ4n) is 2.37. The second-order valence-electron chi connectivity index (χ2n) is 4.35. The van der Waals surface area contributed by atoms with E-state index in [2.05, 4.69) is 0 Å². The smallest absolute Gasteiger partial charge is 0.260 e. The number of amides is 1. The number of rotatable bonds is 3. The number of hydrogen-bond donors (Lipinski definition) is 1. The molecule has 1 aromatic carbocycles. The van der Waals surface area contributed by atoms with Crippen LogP contribution in [0.25, 0.3) is 0 Å². The minimum Gasteiger partial charge on any atom is -0.496 e. The molecule has 1 aliphatic heterocycles. The zero-order valence-corrected chi connectivity index (χ0v) is 10.4. The van der Waals surface area contributed by atoms with E-state index in [1.54, 1.807) is 11.0 Å². The lowest BCUT2D eigenvalue weighted by molar-refractivity contribution is 0.0733. The normalized spacial score (nSPS) is 19.1. The number of halogens is 1. The van der Waals surface area contributed by atoms with Crippen LogP contribution in [-0.2, 0) is 0 Å². The summed E-state index contributed by atoms with van der Waals surface area (Å²) >= 11 is 0. The van der Waals surface area contributed by atoms with E-state index in [0.717, 1.165) is 12.8 Å². The van der Waals surface area contributed by atoms with Gasteiger partial charge in [-0.1, -0.05) is 6.07 Å². The molecule has 2 rings (SSSR count). The average Bonchev–Trinajstić information content (AvgIpc) is 2.85. The van der Waals surface area contributed by atoms with E-state index in [-0.39, 0.29) is 23.3 Å². The van der Waals surface area contributed by atoms with Gasteiger partial charge < -0.3 is 15.4 Å². The van der Waals surface area contributed by atoms with Crippen molar-refractivity contribution in [2.24, 2.45) is 5.73 Å². The first-order valence-electron chi connectivity index (χ1n) is 6.02. The average molecular weight is 252 g/mol. The van der Waals surface area contributed by atoms with Gasteiger partial charge in [-0.15, -0.1) is 0 Å². The van der Waals surface area contributed by atoms with Crippen molar-refractivity contribution in [1.29, 1.82) is 0 Å². The Morgan fingerprint density at radius 2 is 2.39 bits per heavy atom. The first-order chi connectivity index (χ1) is 8.69. The molecule has 1 aromatic rings. The third-order valence-corrected chi connectivity index (χ3v) is 3.32. The summed E-state index contributed by atoms with van der Waals surface area (Å²) < 4.78 is 18.9. The lowest BCUT2D eigenvalue weighted by Gasteiger charge is -2.24. The van der Waals surface area contributed by atoms with Gasteiger partial charge >= 0.3 is 0 Å². The zero-order chi connectivity index (χ0) is 13.1. The molecule has 1 saturated heterocycles. The summed E-state index contributed by atoms with van der Waals surface area (Å²) in [5.41, 5.74) is 5.63. The van der Waals surface area contributed by atoms with Gasteiger partial charge in [0, 0.05) is 19.1 Å². The van der Waals surface area contributed by atoms with Crippen LogP contribution in [0.2, 0.25) is 0 Å². The highest BCUT2D eigenvalue weighted by Gasteiger charge is 2.31. The Bertz CT molecular complexity index is 451. The van der Waals surface area contributed by atoms with Crippen molar-refractivity contribution in [1.82, 2.24) is 4.90 Å². The van der Waals surface area contributed by atoms with Gasteiger partial charge in [0.25, 0.3) is 5.91 Å². The molecule has 1 fully saturated rings. The highest BCUT2D eigenvalue weighted by Crippen LogP contribution is 2.26. The van der Waals surface area contributed by atoms with Crippen molar-refractivity contribution in [2.45, 2.75) is 18.9 Å². The number of carbonyl (C=O) groups is 1. The molecule has 4 nitrogen and oxygen atoms in total. The number of nitrogens with zero attached hydrogens (tertiary/aromatic N) is 1. The van der Waals surface area contributed by atoms with Crippen LogP contribution in [0.5, 0.6) is 5.75 Å². The summed E-state index contributed by atoms with van der Waals surface area (Å²) in [6.07, 6.45) is 1.78. The zero-order valence-electron chi connectivity index (χ0n) is 10.4. The maximum absolute atomic E-state index is 13.8. The molecule has 0 bridgehead atoms. The Kier molecular flexibility index (Phi) is 3.81. The monoisotopic (exact) mass is 252 g/mol. The molecule has 1 unspecified atom stereocenters. The minimum absolute atomic E-state index is 0.000324. The van der Waals surface area contributed by atoms with Gasteiger partial charge in [-0.2, -0.15) is 0 Å². The van der Waals surface area contributed by atoms with Crippen molar-refractivity contribution in [3.05, 3.63) is 29.6 Å². The van der Waals surface area contributed by atoms with Gasteiger partial charge in [0.15, 0.2) is 0 Å². The van der Waals surface area contributed by atoms with E-state index in [0.29, 0.717) is 13.1 Å². The van der Waals surface area contributed by atoms with Gasteiger partial charge in [-0.25, -0.2) is 4.39 Å². The molecular formula is C13H17FN2O2. The Balaban J connectivity index is 2.34. The predicted molar refractivity (Wildman–Crippen MR) is 66.1 cm³/mol. The highest BCUT2D eigenvalue weighted by atomic mass is 19.1. The van der Waals surface area contributed by atoms with E-state index in [4.69, 9.17) is 10.5 Å². The van der Waals surface area contributed by atoms with Gasteiger partial charge in [0.05, 0.1) is 7.11 Å². The Morgan fingerprint density at radius 3 is 3.06 bits per heavy atom. The summed E-state index contributed by atoms with van der Waals surface area (Å²) in [5, 5.41) is 0. The van der Waals surface area contributed by atoms with Crippen LogP contribution in [0.15, 0.2) is 18.2 Å². The minimum atomic E-state index is -0.554. The SMILES string of the molecule is COc1cccc(F)c1C(=O)N1CCCC1CN. The molecule has 0 saturated carbocycles. The Hall–Kier alpha value is -1.62. The van der Waals surface area contributed by atoms with E-state index in [9.17, 15) is 9.18 Å². The van der Waals surface area contributed by atoms with Crippen LogP contribution in [0.1, 0.15) is 23.2 Å². The van der Waals surface area contributed by atoms with Crippen LogP contribution in [0, 0.1) is 5.82 Å². The van der Waals surface area contributed by atoms with Crippen LogP contribution in [-0.4, -0.2) is 37.0 Å². The van der Waals surface area contributed by atoms with E-state index < -0.39 is 5.82 Å². The molecular weight excluding hydrogens is 235 g/mol. The van der Waals surface area contributed by atoms with Crippen molar-refractivity contribution in [3.8, 4) is 5.75 Å². The molecule has 1 heterocycles. The third kappa shape index (κ3) is 2.18. The van der Waals surface area contributed by atoms with Gasteiger partial charge in [0.1, 0.15) is 17.1 Å². The number of ether oxygens (including phenoxy) is 1. The highest BCUT2D eigenvalue weighted by molar-refractivity contribution is 5.97. The maximum Gasteiger partial charge on any atom is 0.260 e. The molecule has 1 amide bonds. The Morgan fingerprint density at radius 1 is 1.61 bits per heavy atom. The topological polar surface area (TPSA) is 55.6 Å². The fraction of sp³-hybridized carbons (Fsp3) is 0.462. The lowest BCUT2D eigenvalue weighted by Crippen LogP contribution is -2.40. The molecule has 5 heteroatoms. The standard InChI is InChI=1S/C13H17FN2O2/c1-18-11-6-2-5-10(14)12(11)13(17)16-7-3-4-9(16)8-15/h2,5-6,9H,3-4,7-8,15H2,1H3. The van der Waals surface area contributed by atoms with Crippen molar-refractivity contribution in [2.75, 3.05) is 20.2 Å². The molecule has 0 radical (unpaired) electrons.